The molecule has 6 heteroatoms. The van der Waals surface area contributed by atoms with Crippen LogP contribution < -0.4 is 5.43 Å². The van der Waals surface area contributed by atoms with E-state index in [1.54, 1.807) is 23.1 Å². The highest BCUT2D eigenvalue weighted by Gasteiger charge is 2.12. The lowest BCUT2D eigenvalue weighted by atomic mass is 10.3. The first kappa shape index (κ1) is 5.64. The molecule has 0 aliphatic carbocycles. The van der Waals surface area contributed by atoms with Gasteiger partial charge in [0.25, 0.3) is 5.78 Å². The topological polar surface area (TPSA) is 69.5 Å². The molecule has 2 aromatic rings. The first-order valence-corrected chi connectivity index (χ1v) is 3.38. The van der Waals surface area contributed by atoms with Crippen molar-refractivity contribution in [3.05, 3.63) is 18.1 Å². The second-order valence-corrected chi connectivity index (χ2v) is 2.38. The summed E-state index contributed by atoms with van der Waals surface area (Å²) in [6.07, 6.45) is 4.90. The predicted molar refractivity (Wildman–Crippen MR) is 40.2 cm³/mol. The molecular formula is C6H3N6. The molecule has 0 amide bonds. The van der Waals surface area contributed by atoms with Crippen LogP contribution in [-0.4, -0.2) is 25.8 Å². The van der Waals surface area contributed by atoms with E-state index >= 15 is 0 Å². The summed E-state index contributed by atoms with van der Waals surface area (Å²) in [6.45, 7) is 0. The summed E-state index contributed by atoms with van der Waals surface area (Å²) in [5.41, 5.74) is 4.80. The molecule has 0 N–H and O–H groups in total. The maximum absolute atomic E-state index is 4.05. The fraction of sp³-hybridized carbons (Fsp3) is 0. The SMILES string of the molecule is C1=N[N]c2c1cnc1nncn21. The Kier molecular flexibility index (Phi) is 0.840. The number of aromatic nitrogens is 4. The Morgan fingerprint density at radius 3 is 3.33 bits per heavy atom. The number of hydrogen-bond acceptors (Lipinski definition) is 4. The summed E-state index contributed by atoms with van der Waals surface area (Å²) in [4.78, 5) is 4.05. The summed E-state index contributed by atoms with van der Waals surface area (Å²) in [5, 5.41) is 11.3. The van der Waals surface area contributed by atoms with Gasteiger partial charge >= 0.3 is 0 Å². The molecule has 3 rings (SSSR count). The second kappa shape index (κ2) is 1.79. The first-order valence-electron chi connectivity index (χ1n) is 3.38. The molecule has 6 nitrogen and oxygen atoms in total. The van der Waals surface area contributed by atoms with Crippen LogP contribution in [-0.2, 0) is 0 Å². The van der Waals surface area contributed by atoms with Gasteiger partial charge in [-0.1, -0.05) is 0 Å². The Bertz CT molecular complexity index is 470. The van der Waals surface area contributed by atoms with Crippen molar-refractivity contribution < 1.29 is 0 Å². The minimum Gasteiger partial charge on any atom is -0.247 e. The van der Waals surface area contributed by atoms with Crippen molar-refractivity contribution in [2.75, 3.05) is 0 Å². The Hall–Kier alpha value is -1.98. The summed E-state index contributed by atoms with van der Waals surface area (Å²) in [7, 11) is 0. The highest BCUT2D eigenvalue weighted by atomic mass is 15.4. The third-order valence-electron chi connectivity index (χ3n) is 1.68. The number of hydrogen-bond donors (Lipinski definition) is 0. The molecule has 57 valence electrons. The molecule has 0 spiro atoms. The zero-order valence-electron chi connectivity index (χ0n) is 5.92. The summed E-state index contributed by atoms with van der Waals surface area (Å²) in [6, 6.07) is 0. The second-order valence-electron chi connectivity index (χ2n) is 2.38. The van der Waals surface area contributed by atoms with Crippen molar-refractivity contribution >= 4 is 17.8 Å². The normalized spacial score (nSPS) is 13.3. The number of fused-ring (bicyclic) bond motifs is 3. The molecule has 1 radical (unpaired) electrons. The quantitative estimate of drug-likeness (QED) is 0.530. The summed E-state index contributed by atoms with van der Waals surface area (Å²) >= 11 is 0. The van der Waals surface area contributed by atoms with Crippen LogP contribution in [0.25, 0.3) is 5.78 Å². The van der Waals surface area contributed by atoms with E-state index in [1.807, 2.05) is 0 Å². The monoisotopic (exact) mass is 159 g/mol. The number of nitrogens with zero attached hydrogens (tertiary/aromatic N) is 6. The summed E-state index contributed by atoms with van der Waals surface area (Å²) in [5.74, 6) is 1.29. The molecule has 1 aliphatic heterocycles. The molecule has 0 atom stereocenters. The third kappa shape index (κ3) is 0.541. The van der Waals surface area contributed by atoms with E-state index in [2.05, 4.69) is 25.7 Å². The van der Waals surface area contributed by atoms with Crippen molar-refractivity contribution in [2.45, 2.75) is 0 Å². The van der Waals surface area contributed by atoms with E-state index < -0.39 is 0 Å². The van der Waals surface area contributed by atoms with Gasteiger partial charge < -0.3 is 0 Å². The maximum Gasteiger partial charge on any atom is 0.256 e. The largest absolute Gasteiger partial charge is 0.256 e. The minimum absolute atomic E-state index is 0.544. The first-order chi connectivity index (χ1) is 5.95. The van der Waals surface area contributed by atoms with E-state index in [4.69, 9.17) is 0 Å². The molecule has 0 fully saturated rings. The standard InChI is InChI=1S/C6H3N6/c1-4-2-8-10-5(4)12-3-9-11-6(12)7-1/h1-3H. The van der Waals surface area contributed by atoms with E-state index in [0.717, 1.165) is 11.4 Å². The smallest absolute Gasteiger partial charge is 0.247 e. The van der Waals surface area contributed by atoms with Crippen LogP contribution in [0.4, 0.5) is 5.82 Å². The highest BCUT2D eigenvalue weighted by Crippen LogP contribution is 2.17. The van der Waals surface area contributed by atoms with Crippen molar-refractivity contribution in [3.8, 4) is 0 Å². The fourth-order valence-corrected chi connectivity index (χ4v) is 1.13. The van der Waals surface area contributed by atoms with Crippen LogP contribution in [0.1, 0.15) is 5.56 Å². The molecule has 1 aliphatic rings. The predicted octanol–water partition coefficient (Wildman–Crippen LogP) is -0.292. The Morgan fingerprint density at radius 1 is 1.33 bits per heavy atom. The molecule has 0 bridgehead atoms. The van der Waals surface area contributed by atoms with Crippen LogP contribution in [0, 0.1) is 0 Å². The zero-order chi connectivity index (χ0) is 7.97. The van der Waals surface area contributed by atoms with Gasteiger partial charge in [-0.3, -0.25) is 0 Å². The lowest BCUT2D eigenvalue weighted by Crippen LogP contribution is -1.95. The van der Waals surface area contributed by atoms with Gasteiger partial charge in [-0.25, -0.2) is 9.38 Å². The molecule has 2 aromatic heterocycles. The van der Waals surface area contributed by atoms with Crippen molar-refractivity contribution in [3.63, 3.8) is 0 Å². The molecule has 0 saturated carbocycles. The van der Waals surface area contributed by atoms with Crippen molar-refractivity contribution in [1.82, 2.24) is 25.0 Å². The van der Waals surface area contributed by atoms with Gasteiger partial charge in [-0.2, -0.15) is 5.10 Å². The van der Waals surface area contributed by atoms with Gasteiger partial charge in [0.15, 0.2) is 5.82 Å². The van der Waals surface area contributed by atoms with Gasteiger partial charge in [0.2, 0.25) is 0 Å². The maximum atomic E-state index is 4.05. The van der Waals surface area contributed by atoms with Crippen LogP contribution in [0.2, 0.25) is 0 Å². The average Bonchev–Trinajstić information content (AvgIpc) is 2.71. The number of rotatable bonds is 0. The minimum atomic E-state index is 0.544. The molecule has 0 aromatic carbocycles. The fourth-order valence-electron chi connectivity index (χ4n) is 1.13. The van der Waals surface area contributed by atoms with E-state index in [-0.39, 0.29) is 0 Å². The van der Waals surface area contributed by atoms with Crippen LogP contribution in [0.5, 0.6) is 0 Å². The Labute approximate surface area is 67.0 Å². The van der Waals surface area contributed by atoms with Gasteiger partial charge in [-0.15, -0.1) is 15.6 Å². The van der Waals surface area contributed by atoms with Crippen molar-refractivity contribution in [1.29, 1.82) is 0 Å². The lowest BCUT2D eigenvalue weighted by molar-refractivity contribution is 0.913. The lowest BCUT2D eigenvalue weighted by Gasteiger charge is -1.96. The highest BCUT2D eigenvalue weighted by molar-refractivity contribution is 5.87. The van der Waals surface area contributed by atoms with Gasteiger partial charge in [0.05, 0.1) is 11.8 Å². The molecule has 12 heavy (non-hydrogen) atoms. The van der Waals surface area contributed by atoms with Crippen molar-refractivity contribution in [2.24, 2.45) is 5.10 Å². The molecular weight excluding hydrogens is 156 g/mol. The van der Waals surface area contributed by atoms with E-state index in [9.17, 15) is 0 Å². The van der Waals surface area contributed by atoms with Crippen LogP contribution >= 0.6 is 0 Å². The molecule has 0 unspecified atom stereocenters. The Morgan fingerprint density at radius 2 is 2.33 bits per heavy atom. The van der Waals surface area contributed by atoms with Gasteiger partial charge in [0, 0.05) is 6.20 Å². The summed E-state index contributed by atoms with van der Waals surface area (Å²) < 4.78 is 1.70. The van der Waals surface area contributed by atoms with Gasteiger partial charge in [0.1, 0.15) is 6.33 Å². The van der Waals surface area contributed by atoms with E-state index in [1.165, 1.54) is 0 Å². The Balaban J connectivity index is 2.49. The molecule has 0 saturated heterocycles. The third-order valence-corrected chi connectivity index (χ3v) is 1.68. The van der Waals surface area contributed by atoms with Crippen LogP contribution in [0.15, 0.2) is 17.6 Å². The zero-order valence-corrected chi connectivity index (χ0v) is 5.92. The average molecular weight is 159 g/mol. The van der Waals surface area contributed by atoms with Gasteiger partial charge in [-0.05, 0) is 0 Å². The van der Waals surface area contributed by atoms with Crippen LogP contribution in [0.3, 0.4) is 0 Å². The van der Waals surface area contributed by atoms with E-state index in [0.29, 0.717) is 5.78 Å². The molecule has 3 heterocycles.